The standard InChI is InChI=1S/C13H14BrFN2O2/c1-7(12(18)17-8-5-6-8)16-13(19)11-9(14)3-2-4-10(11)15/h2-4,7-8H,5-6H2,1H3,(H,16,19)(H,17,18). The fourth-order valence-electron chi connectivity index (χ4n) is 1.60. The number of carbonyl (C=O) groups excluding carboxylic acids is 2. The summed E-state index contributed by atoms with van der Waals surface area (Å²) in [5.41, 5.74) is -0.0893. The predicted molar refractivity (Wildman–Crippen MR) is 72.2 cm³/mol. The number of amides is 2. The van der Waals surface area contributed by atoms with Gasteiger partial charge in [-0.25, -0.2) is 4.39 Å². The van der Waals surface area contributed by atoms with Crippen LogP contribution in [0.5, 0.6) is 0 Å². The van der Waals surface area contributed by atoms with Crippen molar-refractivity contribution in [2.75, 3.05) is 0 Å². The molecule has 2 rings (SSSR count). The molecular formula is C13H14BrFN2O2. The maximum absolute atomic E-state index is 13.6. The average Bonchev–Trinajstić information content (AvgIpc) is 3.12. The first kappa shape index (κ1) is 14.0. The first-order valence-corrected chi connectivity index (χ1v) is 6.83. The lowest BCUT2D eigenvalue weighted by atomic mass is 10.2. The molecule has 0 radical (unpaired) electrons. The van der Waals surface area contributed by atoms with E-state index in [-0.39, 0.29) is 17.5 Å². The summed E-state index contributed by atoms with van der Waals surface area (Å²) in [6, 6.07) is 3.81. The number of hydrogen-bond donors (Lipinski definition) is 2. The zero-order valence-electron chi connectivity index (χ0n) is 10.4. The van der Waals surface area contributed by atoms with Gasteiger partial charge in [0, 0.05) is 10.5 Å². The Morgan fingerprint density at radius 1 is 1.42 bits per heavy atom. The molecule has 0 aromatic heterocycles. The third-order valence-electron chi connectivity index (χ3n) is 2.85. The van der Waals surface area contributed by atoms with Crippen molar-refractivity contribution in [3.63, 3.8) is 0 Å². The van der Waals surface area contributed by atoms with Crippen LogP contribution < -0.4 is 10.6 Å². The maximum Gasteiger partial charge on any atom is 0.256 e. The number of nitrogens with one attached hydrogen (secondary N) is 2. The smallest absolute Gasteiger partial charge is 0.256 e. The Hall–Kier alpha value is -1.43. The van der Waals surface area contributed by atoms with Gasteiger partial charge >= 0.3 is 0 Å². The van der Waals surface area contributed by atoms with E-state index in [9.17, 15) is 14.0 Å². The summed E-state index contributed by atoms with van der Waals surface area (Å²) in [6.45, 7) is 1.57. The van der Waals surface area contributed by atoms with E-state index in [1.165, 1.54) is 12.1 Å². The lowest BCUT2D eigenvalue weighted by Crippen LogP contribution is -2.45. The van der Waals surface area contributed by atoms with Crippen LogP contribution in [0.15, 0.2) is 22.7 Å². The lowest BCUT2D eigenvalue weighted by molar-refractivity contribution is -0.122. The number of halogens is 2. The first-order valence-electron chi connectivity index (χ1n) is 6.04. The second kappa shape index (κ2) is 5.69. The highest BCUT2D eigenvalue weighted by Crippen LogP contribution is 2.20. The van der Waals surface area contributed by atoms with Crippen molar-refractivity contribution in [3.8, 4) is 0 Å². The highest BCUT2D eigenvalue weighted by atomic mass is 79.9. The van der Waals surface area contributed by atoms with Crippen molar-refractivity contribution in [2.45, 2.75) is 31.8 Å². The van der Waals surface area contributed by atoms with Gasteiger partial charge in [-0.3, -0.25) is 9.59 Å². The minimum absolute atomic E-state index is 0.0893. The summed E-state index contributed by atoms with van der Waals surface area (Å²) < 4.78 is 13.9. The summed E-state index contributed by atoms with van der Waals surface area (Å²) in [5.74, 6) is -1.48. The van der Waals surface area contributed by atoms with Crippen LogP contribution in [0, 0.1) is 5.82 Å². The SMILES string of the molecule is CC(NC(=O)c1c(F)cccc1Br)C(=O)NC1CC1. The summed E-state index contributed by atoms with van der Waals surface area (Å²) in [6.07, 6.45) is 1.95. The van der Waals surface area contributed by atoms with E-state index in [0.717, 1.165) is 12.8 Å². The van der Waals surface area contributed by atoms with Crippen LogP contribution in [-0.2, 0) is 4.79 Å². The molecule has 0 bridgehead atoms. The van der Waals surface area contributed by atoms with Crippen LogP contribution in [0.25, 0.3) is 0 Å². The third kappa shape index (κ3) is 3.53. The molecule has 0 saturated heterocycles. The minimum Gasteiger partial charge on any atom is -0.352 e. The van der Waals surface area contributed by atoms with Gasteiger partial charge in [0.15, 0.2) is 0 Å². The molecule has 0 heterocycles. The quantitative estimate of drug-likeness (QED) is 0.888. The Labute approximate surface area is 118 Å². The van der Waals surface area contributed by atoms with Crippen molar-refractivity contribution in [3.05, 3.63) is 34.1 Å². The molecule has 102 valence electrons. The van der Waals surface area contributed by atoms with Gasteiger partial charge in [0.05, 0.1) is 5.56 Å². The molecular weight excluding hydrogens is 315 g/mol. The third-order valence-corrected chi connectivity index (χ3v) is 3.52. The highest BCUT2D eigenvalue weighted by Gasteiger charge is 2.27. The van der Waals surface area contributed by atoms with Gasteiger partial charge in [0.2, 0.25) is 5.91 Å². The Bertz CT molecular complexity index is 497. The van der Waals surface area contributed by atoms with Gasteiger partial charge in [0.1, 0.15) is 11.9 Å². The highest BCUT2D eigenvalue weighted by molar-refractivity contribution is 9.10. The largest absolute Gasteiger partial charge is 0.352 e. The van der Waals surface area contributed by atoms with Gasteiger partial charge < -0.3 is 10.6 Å². The van der Waals surface area contributed by atoms with E-state index in [4.69, 9.17) is 0 Å². The summed E-state index contributed by atoms with van der Waals surface area (Å²) in [4.78, 5) is 23.6. The van der Waals surface area contributed by atoms with Gasteiger partial charge in [-0.15, -0.1) is 0 Å². The van der Waals surface area contributed by atoms with E-state index in [1.807, 2.05) is 0 Å². The lowest BCUT2D eigenvalue weighted by Gasteiger charge is -2.14. The molecule has 1 unspecified atom stereocenters. The minimum atomic E-state index is -0.695. The van der Waals surface area contributed by atoms with Crippen LogP contribution in [0.1, 0.15) is 30.1 Å². The second-order valence-corrected chi connectivity index (χ2v) is 5.43. The molecule has 2 amide bonds. The normalized spacial score (nSPS) is 15.7. The summed E-state index contributed by atoms with van der Waals surface area (Å²) in [5, 5.41) is 5.27. The van der Waals surface area contributed by atoms with E-state index >= 15 is 0 Å². The Balaban J connectivity index is 2.01. The molecule has 6 heteroatoms. The molecule has 1 aliphatic rings. The zero-order valence-corrected chi connectivity index (χ0v) is 12.0. The van der Waals surface area contributed by atoms with Crippen molar-refractivity contribution >= 4 is 27.7 Å². The van der Waals surface area contributed by atoms with Crippen molar-refractivity contribution in [1.82, 2.24) is 10.6 Å². The molecule has 1 saturated carbocycles. The fourth-order valence-corrected chi connectivity index (χ4v) is 2.13. The van der Waals surface area contributed by atoms with Crippen LogP contribution in [0.3, 0.4) is 0 Å². The number of carbonyl (C=O) groups is 2. The molecule has 1 aromatic carbocycles. The zero-order chi connectivity index (χ0) is 14.0. The van der Waals surface area contributed by atoms with Gasteiger partial charge in [-0.2, -0.15) is 0 Å². The maximum atomic E-state index is 13.6. The Morgan fingerprint density at radius 3 is 2.68 bits per heavy atom. The van der Waals surface area contributed by atoms with Crippen molar-refractivity contribution < 1.29 is 14.0 Å². The van der Waals surface area contributed by atoms with Crippen molar-refractivity contribution in [2.24, 2.45) is 0 Å². The van der Waals surface area contributed by atoms with Crippen LogP contribution in [0.4, 0.5) is 4.39 Å². The Kier molecular flexibility index (Phi) is 4.19. The molecule has 1 atom stereocenters. The molecule has 4 nitrogen and oxygen atoms in total. The van der Waals surface area contributed by atoms with E-state index < -0.39 is 17.8 Å². The molecule has 2 N–H and O–H groups in total. The molecule has 19 heavy (non-hydrogen) atoms. The van der Waals surface area contributed by atoms with Crippen LogP contribution in [0.2, 0.25) is 0 Å². The van der Waals surface area contributed by atoms with Crippen LogP contribution in [-0.4, -0.2) is 23.9 Å². The second-order valence-electron chi connectivity index (χ2n) is 4.57. The molecule has 0 aliphatic heterocycles. The number of benzene rings is 1. The Morgan fingerprint density at radius 2 is 2.11 bits per heavy atom. The van der Waals surface area contributed by atoms with E-state index in [2.05, 4.69) is 26.6 Å². The fraction of sp³-hybridized carbons (Fsp3) is 0.385. The van der Waals surface area contributed by atoms with Gasteiger partial charge in [0.25, 0.3) is 5.91 Å². The monoisotopic (exact) mass is 328 g/mol. The number of rotatable bonds is 4. The predicted octanol–water partition coefficient (Wildman–Crippen LogP) is 1.99. The summed E-state index contributed by atoms with van der Waals surface area (Å²) >= 11 is 3.12. The van der Waals surface area contributed by atoms with E-state index in [1.54, 1.807) is 13.0 Å². The molecule has 1 aromatic rings. The summed E-state index contributed by atoms with van der Waals surface area (Å²) in [7, 11) is 0. The molecule has 0 spiro atoms. The van der Waals surface area contributed by atoms with E-state index in [0.29, 0.717) is 4.47 Å². The molecule has 1 fully saturated rings. The van der Waals surface area contributed by atoms with Crippen LogP contribution >= 0.6 is 15.9 Å². The first-order chi connectivity index (χ1) is 8.99. The van der Waals surface area contributed by atoms with Gasteiger partial charge in [-0.05, 0) is 47.8 Å². The average molecular weight is 329 g/mol. The van der Waals surface area contributed by atoms with Gasteiger partial charge in [-0.1, -0.05) is 6.07 Å². The molecule has 1 aliphatic carbocycles. The van der Waals surface area contributed by atoms with Crippen molar-refractivity contribution in [1.29, 1.82) is 0 Å². The number of hydrogen-bond acceptors (Lipinski definition) is 2. The topological polar surface area (TPSA) is 58.2 Å².